The van der Waals surface area contributed by atoms with Crippen LogP contribution in [0.4, 0.5) is 34.1 Å². The average Bonchev–Trinajstić information content (AvgIpc) is 4.03. The van der Waals surface area contributed by atoms with Gasteiger partial charge in [-0.1, -0.05) is 126 Å². The molecule has 13 rings (SSSR count). The second kappa shape index (κ2) is 16.5. The molecule has 3 heterocycles. The number of aromatic nitrogens is 3. The Morgan fingerprint density at radius 2 is 0.913 bits per heavy atom. The van der Waals surface area contributed by atoms with E-state index in [4.69, 9.17) is 13.5 Å². The summed E-state index contributed by atoms with van der Waals surface area (Å²) in [5, 5.41) is 2.45. The van der Waals surface area contributed by atoms with Crippen molar-refractivity contribution in [3.05, 3.63) is 236 Å². The molecule has 0 unspecified atom stereocenters. The molecule has 0 aliphatic carbocycles. The van der Waals surface area contributed by atoms with Crippen LogP contribution in [0, 0.1) is 13.8 Å². The first-order valence-electron chi connectivity index (χ1n) is 23.2. The highest BCUT2D eigenvalue weighted by atomic mass is 32.1. The number of anilines is 6. The molecule has 10 aromatic carbocycles. The minimum atomic E-state index is 0.825. The van der Waals surface area contributed by atoms with Gasteiger partial charge in [-0.3, -0.25) is 0 Å². The Morgan fingerprint density at radius 3 is 1.51 bits per heavy atom. The van der Waals surface area contributed by atoms with Gasteiger partial charge >= 0.3 is 0 Å². The predicted molar refractivity (Wildman–Crippen MR) is 287 cm³/mol. The smallest absolute Gasteiger partial charge is 0.151 e. The van der Waals surface area contributed by atoms with E-state index < -0.39 is 0 Å². The standard InChI is InChI=1S/C62H43N5OS/c1-40-16-20-42(21-17-40)45-26-35-54-52(38-45)53-39-46(43-22-18-41(2)19-23-43)27-36-55(53)66(54)49-28-24-44(25-29-49)51-34-37-58(62-61(51)63-69-64-62)65(47-10-4-3-5-11-47)48-30-32-50(33-31-48)67-56-12-6-8-14-59(56)68-60-15-9-7-13-57(60)67/h3-39H,1-2H3. The van der Waals surface area contributed by atoms with Crippen molar-refractivity contribution in [2.75, 3.05) is 9.80 Å². The van der Waals surface area contributed by atoms with Gasteiger partial charge in [0, 0.05) is 39.1 Å². The van der Waals surface area contributed by atoms with Gasteiger partial charge in [0.1, 0.15) is 11.0 Å². The van der Waals surface area contributed by atoms with E-state index in [9.17, 15) is 0 Å². The van der Waals surface area contributed by atoms with Gasteiger partial charge in [0.2, 0.25) is 0 Å². The molecule has 1 aliphatic rings. The Morgan fingerprint density at radius 1 is 0.420 bits per heavy atom. The summed E-state index contributed by atoms with van der Waals surface area (Å²) in [4.78, 5) is 4.54. The van der Waals surface area contributed by atoms with Crippen LogP contribution in [0.1, 0.15) is 11.1 Å². The minimum Gasteiger partial charge on any atom is -0.453 e. The summed E-state index contributed by atoms with van der Waals surface area (Å²) in [5.41, 5.74) is 20.6. The number of hydrogen-bond acceptors (Lipinski definition) is 6. The molecule has 0 saturated heterocycles. The fourth-order valence-corrected chi connectivity index (χ4v) is 10.5. The number of nitrogens with zero attached hydrogens (tertiary/aromatic N) is 5. The Kier molecular flexibility index (Phi) is 9.70. The van der Waals surface area contributed by atoms with E-state index in [2.05, 4.69) is 228 Å². The molecule has 0 spiro atoms. The van der Waals surface area contributed by atoms with E-state index in [-0.39, 0.29) is 0 Å². The number of fused-ring (bicyclic) bond motifs is 6. The van der Waals surface area contributed by atoms with Crippen LogP contribution < -0.4 is 14.5 Å². The van der Waals surface area contributed by atoms with Crippen molar-refractivity contribution in [2.45, 2.75) is 13.8 Å². The number of para-hydroxylation sites is 5. The molecular weight excluding hydrogens is 863 g/mol. The first-order valence-corrected chi connectivity index (χ1v) is 24.0. The van der Waals surface area contributed by atoms with Crippen LogP contribution in [0.5, 0.6) is 11.5 Å². The summed E-state index contributed by atoms with van der Waals surface area (Å²) < 4.78 is 18.6. The van der Waals surface area contributed by atoms with Gasteiger partial charge in [0.15, 0.2) is 11.5 Å². The van der Waals surface area contributed by atoms with Gasteiger partial charge in [-0.05, 0) is 151 Å². The monoisotopic (exact) mass is 905 g/mol. The number of hydrogen-bond donors (Lipinski definition) is 0. The molecule has 0 atom stereocenters. The Hall–Kier alpha value is -8.78. The third kappa shape index (κ3) is 7.02. The van der Waals surface area contributed by atoms with Crippen molar-refractivity contribution in [2.24, 2.45) is 0 Å². The van der Waals surface area contributed by atoms with Crippen LogP contribution in [-0.4, -0.2) is 13.3 Å². The van der Waals surface area contributed by atoms with Crippen LogP contribution in [-0.2, 0) is 0 Å². The van der Waals surface area contributed by atoms with E-state index >= 15 is 0 Å². The SMILES string of the molecule is Cc1ccc(-c2ccc3c(c2)c2cc(-c4ccc(C)cc4)ccc2n3-c2ccc(-c3ccc(N(c4ccccc4)c4ccc(N5c6ccccc6Oc6ccccc65)cc4)c4nsnc34)cc2)cc1. The lowest BCUT2D eigenvalue weighted by molar-refractivity contribution is 0.477. The van der Waals surface area contributed by atoms with Gasteiger partial charge in [-0.15, -0.1) is 0 Å². The number of aryl methyl sites for hydroxylation is 2. The van der Waals surface area contributed by atoms with Crippen LogP contribution >= 0.6 is 11.7 Å². The highest BCUT2D eigenvalue weighted by Crippen LogP contribution is 2.51. The van der Waals surface area contributed by atoms with E-state index in [1.807, 2.05) is 24.3 Å². The molecule has 0 amide bonds. The van der Waals surface area contributed by atoms with E-state index in [0.717, 1.165) is 73.5 Å². The molecule has 12 aromatic rings. The lowest BCUT2D eigenvalue weighted by Gasteiger charge is -2.33. The summed E-state index contributed by atoms with van der Waals surface area (Å²) in [5.74, 6) is 1.65. The van der Waals surface area contributed by atoms with Crippen LogP contribution in [0.2, 0.25) is 0 Å². The Bertz CT molecular complexity index is 3730. The summed E-state index contributed by atoms with van der Waals surface area (Å²) in [6.07, 6.45) is 0. The zero-order chi connectivity index (χ0) is 46.0. The van der Waals surface area contributed by atoms with Crippen molar-refractivity contribution < 1.29 is 4.74 Å². The highest BCUT2D eigenvalue weighted by Gasteiger charge is 2.26. The quantitative estimate of drug-likeness (QED) is 0.152. The van der Waals surface area contributed by atoms with Crippen LogP contribution in [0.3, 0.4) is 0 Å². The molecule has 0 radical (unpaired) electrons. The largest absolute Gasteiger partial charge is 0.453 e. The van der Waals surface area contributed by atoms with Crippen LogP contribution in [0.15, 0.2) is 224 Å². The number of rotatable bonds is 8. The maximum atomic E-state index is 6.31. The van der Waals surface area contributed by atoms with Crippen LogP contribution in [0.25, 0.3) is 71.9 Å². The normalized spacial score (nSPS) is 12.0. The lowest BCUT2D eigenvalue weighted by atomic mass is 9.99. The van der Waals surface area contributed by atoms with Gasteiger partial charge in [-0.25, -0.2) is 0 Å². The van der Waals surface area contributed by atoms with Crippen molar-refractivity contribution in [1.29, 1.82) is 0 Å². The van der Waals surface area contributed by atoms with Gasteiger partial charge in [0.05, 0.1) is 39.8 Å². The molecule has 0 N–H and O–H groups in total. The average molecular weight is 906 g/mol. The maximum Gasteiger partial charge on any atom is 0.151 e. The van der Waals surface area contributed by atoms with Crippen molar-refractivity contribution >= 4 is 78.7 Å². The molecule has 0 fully saturated rings. The molecule has 0 bridgehead atoms. The molecule has 0 saturated carbocycles. The fraction of sp³-hybridized carbons (Fsp3) is 0.0323. The molecule has 7 heteroatoms. The Labute approximate surface area is 404 Å². The van der Waals surface area contributed by atoms with Gasteiger partial charge in [0.25, 0.3) is 0 Å². The van der Waals surface area contributed by atoms with Crippen molar-refractivity contribution in [3.63, 3.8) is 0 Å². The lowest BCUT2D eigenvalue weighted by Crippen LogP contribution is -2.16. The highest BCUT2D eigenvalue weighted by molar-refractivity contribution is 7.00. The van der Waals surface area contributed by atoms with Crippen molar-refractivity contribution in [1.82, 2.24) is 13.3 Å². The zero-order valence-electron chi connectivity index (χ0n) is 37.9. The maximum absolute atomic E-state index is 6.31. The third-order valence-corrected chi connectivity index (χ3v) is 13.9. The predicted octanol–water partition coefficient (Wildman–Crippen LogP) is 17.5. The summed E-state index contributed by atoms with van der Waals surface area (Å²) in [6, 6.07) is 80.3. The van der Waals surface area contributed by atoms with E-state index in [0.29, 0.717) is 0 Å². The molecule has 2 aromatic heterocycles. The minimum absolute atomic E-state index is 0.825. The number of benzene rings is 10. The van der Waals surface area contributed by atoms with E-state index in [1.165, 1.54) is 66.9 Å². The first kappa shape index (κ1) is 40.5. The first-order chi connectivity index (χ1) is 34.0. The zero-order valence-corrected chi connectivity index (χ0v) is 38.7. The second-order valence-corrected chi connectivity index (χ2v) is 18.3. The summed E-state index contributed by atoms with van der Waals surface area (Å²) in [6.45, 7) is 4.27. The summed E-state index contributed by atoms with van der Waals surface area (Å²) >= 11 is 1.25. The number of ether oxygens (including phenoxy) is 1. The van der Waals surface area contributed by atoms with E-state index in [1.54, 1.807) is 0 Å². The third-order valence-electron chi connectivity index (χ3n) is 13.4. The molecule has 328 valence electrons. The molecule has 6 nitrogen and oxygen atoms in total. The molecular formula is C62H43N5OS. The fourth-order valence-electron chi connectivity index (χ4n) is 9.95. The van der Waals surface area contributed by atoms with Crippen molar-refractivity contribution in [3.8, 4) is 50.6 Å². The van der Waals surface area contributed by atoms with Gasteiger partial charge in [-0.2, -0.15) is 8.75 Å². The second-order valence-electron chi connectivity index (χ2n) is 17.7. The molecule has 1 aliphatic heterocycles. The topological polar surface area (TPSA) is 46.4 Å². The summed E-state index contributed by atoms with van der Waals surface area (Å²) in [7, 11) is 0. The van der Waals surface area contributed by atoms with Gasteiger partial charge < -0.3 is 19.1 Å². The Balaban J connectivity index is 0.878. The molecule has 69 heavy (non-hydrogen) atoms.